The molecule has 4 heteroatoms. The lowest BCUT2D eigenvalue weighted by atomic mass is 9.78. The molecule has 18 heavy (non-hydrogen) atoms. The van der Waals surface area contributed by atoms with Gasteiger partial charge in [0.2, 0.25) is 0 Å². The summed E-state index contributed by atoms with van der Waals surface area (Å²) in [6.45, 7) is 6.09. The number of ether oxygens (including phenoxy) is 2. The lowest BCUT2D eigenvalue weighted by molar-refractivity contribution is -0.173. The first-order valence-electron chi connectivity index (χ1n) is 6.95. The zero-order valence-corrected chi connectivity index (χ0v) is 11.7. The van der Waals surface area contributed by atoms with E-state index >= 15 is 0 Å². The van der Waals surface area contributed by atoms with Crippen LogP contribution in [0.25, 0.3) is 0 Å². The highest BCUT2D eigenvalue weighted by atomic mass is 16.6. The van der Waals surface area contributed by atoms with Gasteiger partial charge in [0.25, 0.3) is 0 Å². The van der Waals surface area contributed by atoms with Gasteiger partial charge in [-0.25, -0.2) is 0 Å². The Labute approximate surface area is 109 Å². The molecule has 0 aromatic rings. The van der Waals surface area contributed by atoms with Crippen LogP contribution >= 0.6 is 0 Å². The van der Waals surface area contributed by atoms with Crippen molar-refractivity contribution in [3.05, 3.63) is 0 Å². The molecule has 0 amide bonds. The van der Waals surface area contributed by atoms with Gasteiger partial charge in [-0.05, 0) is 32.6 Å². The van der Waals surface area contributed by atoms with E-state index in [4.69, 9.17) is 9.47 Å². The number of hydrogen-bond acceptors (Lipinski definition) is 4. The second-order valence-electron chi connectivity index (χ2n) is 4.92. The maximum atomic E-state index is 12.2. The highest BCUT2D eigenvalue weighted by molar-refractivity contribution is 6.00. The van der Waals surface area contributed by atoms with Gasteiger partial charge in [0, 0.05) is 0 Å². The van der Waals surface area contributed by atoms with Crippen LogP contribution in [-0.4, -0.2) is 25.2 Å². The molecule has 0 aromatic carbocycles. The van der Waals surface area contributed by atoms with E-state index in [9.17, 15) is 9.59 Å². The Morgan fingerprint density at radius 1 is 1.06 bits per heavy atom. The normalized spacial score (nSPS) is 15.3. The number of carbonyl (C=O) groups excluding carboxylic acids is 2. The van der Waals surface area contributed by atoms with Gasteiger partial charge in [-0.3, -0.25) is 9.59 Å². The molecule has 104 valence electrons. The van der Waals surface area contributed by atoms with E-state index < -0.39 is 17.4 Å². The quantitative estimate of drug-likeness (QED) is 0.495. The molecule has 0 radical (unpaired) electrons. The number of carbonyl (C=O) groups is 2. The summed E-state index contributed by atoms with van der Waals surface area (Å²) >= 11 is 0. The second kappa shape index (κ2) is 6.76. The van der Waals surface area contributed by atoms with E-state index in [2.05, 4.69) is 0 Å². The zero-order valence-electron chi connectivity index (χ0n) is 11.7. The molecule has 1 saturated carbocycles. The summed E-state index contributed by atoms with van der Waals surface area (Å²) in [6.07, 6.45) is 4.07. The summed E-state index contributed by atoms with van der Waals surface area (Å²) in [5.41, 5.74) is -1.07. The topological polar surface area (TPSA) is 52.6 Å². The van der Waals surface area contributed by atoms with Gasteiger partial charge in [0.15, 0.2) is 5.41 Å². The lowest BCUT2D eigenvalue weighted by Crippen LogP contribution is -2.42. The number of esters is 2. The van der Waals surface area contributed by atoms with Gasteiger partial charge >= 0.3 is 11.9 Å². The summed E-state index contributed by atoms with van der Waals surface area (Å²) in [5, 5.41) is 0. The Bertz CT molecular complexity index is 276. The first kappa shape index (κ1) is 15.0. The summed E-state index contributed by atoms with van der Waals surface area (Å²) in [5.74, 6) is -0.334. The monoisotopic (exact) mass is 256 g/mol. The number of hydrogen-bond donors (Lipinski definition) is 0. The Hall–Kier alpha value is -1.06. The first-order valence-corrected chi connectivity index (χ1v) is 6.95. The highest BCUT2D eigenvalue weighted by Crippen LogP contribution is 2.44. The molecule has 4 nitrogen and oxygen atoms in total. The summed E-state index contributed by atoms with van der Waals surface area (Å²) in [7, 11) is 0. The summed E-state index contributed by atoms with van der Waals surface area (Å²) < 4.78 is 10.2. The Balaban J connectivity index is 2.90. The zero-order chi connectivity index (χ0) is 13.6. The van der Waals surface area contributed by atoms with Crippen LogP contribution in [0.5, 0.6) is 0 Å². The fourth-order valence-corrected chi connectivity index (χ4v) is 2.34. The summed E-state index contributed by atoms with van der Waals surface area (Å²) in [4.78, 5) is 24.4. The van der Waals surface area contributed by atoms with Gasteiger partial charge in [-0.1, -0.05) is 26.2 Å². The predicted octanol–water partition coefficient (Wildman–Crippen LogP) is 2.70. The fourth-order valence-electron chi connectivity index (χ4n) is 2.34. The average Bonchev–Trinajstić information content (AvgIpc) is 3.12. The SMILES string of the molecule is CCCC(CC1CC1)(C(=O)OCC)C(=O)OCC. The standard InChI is InChI=1S/C14H24O4/c1-4-9-14(10-11-7-8-11,12(15)17-5-2)13(16)18-6-3/h11H,4-10H2,1-3H3. The third kappa shape index (κ3) is 3.47. The van der Waals surface area contributed by atoms with E-state index in [0.29, 0.717) is 32.0 Å². The largest absolute Gasteiger partial charge is 0.465 e. The van der Waals surface area contributed by atoms with Crippen molar-refractivity contribution in [3.63, 3.8) is 0 Å². The molecular weight excluding hydrogens is 232 g/mol. The van der Waals surface area contributed by atoms with Gasteiger partial charge in [0.05, 0.1) is 13.2 Å². The molecule has 0 aliphatic heterocycles. The Morgan fingerprint density at radius 2 is 1.56 bits per heavy atom. The van der Waals surface area contributed by atoms with Gasteiger partial charge in [0.1, 0.15) is 0 Å². The van der Waals surface area contributed by atoms with Gasteiger partial charge < -0.3 is 9.47 Å². The van der Waals surface area contributed by atoms with Crippen molar-refractivity contribution >= 4 is 11.9 Å². The minimum Gasteiger partial charge on any atom is -0.465 e. The minimum absolute atomic E-state index is 0.300. The molecule has 1 fully saturated rings. The third-order valence-electron chi connectivity index (χ3n) is 3.34. The molecule has 0 saturated heterocycles. The van der Waals surface area contributed by atoms with Crippen LogP contribution in [-0.2, 0) is 19.1 Å². The molecule has 1 aliphatic carbocycles. The van der Waals surface area contributed by atoms with E-state index in [-0.39, 0.29) is 0 Å². The number of rotatable bonds is 8. The average molecular weight is 256 g/mol. The maximum Gasteiger partial charge on any atom is 0.323 e. The van der Waals surface area contributed by atoms with Crippen LogP contribution in [0.4, 0.5) is 0 Å². The van der Waals surface area contributed by atoms with E-state index in [1.165, 1.54) is 0 Å². The molecule has 0 unspecified atom stereocenters. The van der Waals surface area contributed by atoms with Crippen molar-refractivity contribution in [2.45, 2.75) is 52.9 Å². The molecule has 0 bridgehead atoms. The molecule has 0 atom stereocenters. The molecule has 0 aromatic heterocycles. The van der Waals surface area contributed by atoms with Crippen LogP contribution in [0.3, 0.4) is 0 Å². The molecule has 0 N–H and O–H groups in total. The first-order chi connectivity index (χ1) is 8.60. The van der Waals surface area contributed by atoms with Crippen LogP contribution in [0.2, 0.25) is 0 Å². The van der Waals surface area contributed by atoms with Crippen molar-refractivity contribution in [1.29, 1.82) is 0 Å². The third-order valence-corrected chi connectivity index (χ3v) is 3.34. The van der Waals surface area contributed by atoms with Crippen LogP contribution in [0.1, 0.15) is 52.9 Å². The highest BCUT2D eigenvalue weighted by Gasteiger charge is 2.50. The predicted molar refractivity (Wildman–Crippen MR) is 67.9 cm³/mol. The summed E-state index contributed by atoms with van der Waals surface area (Å²) in [6, 6.07) is 0. The van der Waals surface area contributed by atoms with Crippen LogP contribution < -0.4 is 0 Å². The molecule has 1 aliphatic rings. The Morgan fingerprint density at radius 3 is 1.89 bits per heavy atom. The van der Waals surface area contributed by atoms with E-state index in [1.807, 2.05) is 6.92 Å². The van der Waals surface area contributed by atoms with E-state index in [0.717, 1.165) is 19.3 Å². The second-order valence-corrected chi connectivity index (χ2v) is 4.92. The molecular formula is C14H24O4. The minimum atomic E-state index is -1.07. The smallest absolute Gasteiger partial charge is 0.323 e. The van der Waals surface area contributed by atoms with Crippen molar-refractivity contribution in [3.8, 4) is 0 Å². The lowest BCUT2D eigenvalue weighted by Gasteiger charge is -2.28. The van der Waals surface area contributed by atoms with Crippen LogP contribution in [0.15, 0.2) is 0 Å². The van der Waals surface area contributed by atoms with Crippen molar-refractivity contribution in [2.24, 2.45) is 11.3 Å². The van der Waals surface area contributed by atoms with Crippen molar-refractivity contribution < 1.29 is 19.1 Å². The molecule has 0 heterocycles. The fraction of sp³-hybridized carbons (Fsp3) is 0.857. The van der Waals surface area contributed by atoms with Gasteiger partial charge in [-0.15, -0.1) is 0 Å². The van der Waals surface area contributed by atoms with E-state index in [1.54, 1.807) is 13.8 Å². The molecule has 0 spiro atoms. The maximum absolute atomic E-state index is 12.2. The van der Waals surface area contributed by atoms with Crippen molar-refractivity contribution in [1.82, 2.24) is 0 Å². The molecule has 1 rings (SSSR count). The van der Waals surface area contributed by atoms with Crippen LogP contribution in [0, 0.1) is 11.3 Å². The van der Waals surface area contributed by atoms with Gasteiger partial charge in [-0.2, -0.15) is 0 Å². The van der Waals surface area contributed by atoms with Crippen molar-refractivity contribution in [2.75, 3.05) is 13.2 Å². The Kier molecular flexibility index (Phi) is 5.63.